The van der Waals surface area contributed by atoms with Crippen LogP contribution in [-0.2, 0) is 4.79 Å². The lowest BCUT2D eigenvalue weighted by Gasteiger charge is -2.12. The molecular weight excluding hydrogens is 222 g/mol. The summed E-state index contributed by atoms with van der Waals surface area (Å²) in [6.45, 7) is 0. The lowest BCUT2D eigenvalue weighted by atomic mass is 10.0. The number of benzene rings is 1. The molecule has 0 spiro atoms. The number of ketones is 1. The van der Waals surface area contributed by atoms with Crippen molar-refractivity contribution in [2.45, 2.75) is 32.1 Å². The second-order valence-electron chi connectivity index (χ2n) is 5.14. The highest BCUT2D eigenvalue weighted by Gasteiger charge is 2.13. The number of carbonyl (C=O) groups is 1. The third kappa shape index (κ3) is 3.22. The van der Waals surface area contributed by atoms with Gasteiger partial charge in [0.2, 0.25) is 0 Å². The number of nitrogens with zero attached hydrogens (tertiary/aromatic N) is 1. The van der Waals surface area contributed by atoms with Gasteiger partial charge in [0.15, 0.2) is 5.78 Å². The SMILES string of the molecule is CN(C)c1ccc(/C=C2\CCCCCC2=O)cc1. The van der Waals surface area contributed by atoms with Gasteiger partial charge in [0.05, 0.1) is 0 Å². The van der Waals surface area contributed by atoms with E-state index in [1.54, 1.807) is 0 Å². The molecule has 0 amide bonds. The molecule has 0 aliphatic heterocycles. The second-order valence-corrected chi connectivity index (χ2v) is 5.14. The molecule has 1 aromatic carbocycles. The minimum atomic E-state index is 0.337. The molecule has 0 aromatic heterocycles. The smallest absolute Gasteiger partial charge is 0.158 e. The van der Waals surface area contributed by atoms with Gasteiger partial charge in [-0.1, -0.05) is 18.6 Å². The Balaban J connectivity index is 2.18. The van der Waals surface area contributed by atoms with E-state index in [4.69, 9.17) is 0 Å². The molecule has 0 saturated heterocycles. The van der Waals surface area contributed by atoms with Gasteiger partial charge in [-0.05, 0) is 48.6 Å². The topological polar surface area (TPSA) is 20.3 Å². The van der Waals surface area contributed by atoms with E-state index >= 15 is 0 Å². The number of hydrogen-bond acceptors (Lipinski definition) is 2. The van der Waals surface area contributed by atoms with E-state index in [1.807, 2.05) is 14.1 Å². The van der Waals surface area contributed by atoms with Crippen molar-refractivity contribution in [2.24, 2.45) is 0 Å². The van der Waals surface area contributed by atoms with E-state index in [1.165, 1.54) is 12.1 Å². The van der Waals surface area contributed by atoms with Crippen LogP contribution in [0.1, 0.15) is 37.7 Å². The summed E-state index contributed by atoms with van der Waals surface area (Å²) < 4.78 is 0. The van der Waals surface area contributed by atoms with Crippen molar-refractivity contribution in [3.8, 4) is 0 Å². The van der Waals surface area contributed by atoms with Crippen LogP contribution < -0.4 is 4.90 Å². The van der Waals surface area contributed by atoms with Gasteiger partial charge in [-0.3, -0.25) is 4.79 Å². The number of allylic oxidation sites excluding steroid dienone is 1. The van der Waals surface area contributed by atoms with Crippen molar-refractivity contribution in [3.63, 3.8) is 0 Å². The zero-order valence-corrected chi connectivity index (χ0v) is 11.3. The molecule has 18 heavy (non-hydrogen) atoms. The Hall–Kier alpha value is -1.57. The molecule has 96 valence electrons. The molecule has 2 heteroatoms. The van der Waals surface area contributed by atoms with Crippen LogP contribution in [0, 0.1) is 0 Å². The zero-order chi connectivity index (χ0) is 13.0. The Kier molecular flexibility index (Phi) is 4.19. The first-order chi connectivity index (χ1) is 8.66. The molecule has 1 aliphatic carbocycles. The minimum Gasteiger partial charge on any atom is -0.378 e. The summed E-state index contributed by atoms with van der Waals surface area (Å²) >= 11 is 0. The Morgan fingerprint density at radius 3 is 2.33 bits per heavy atom. The van der Waals surface area contributed by atoms with Crippen LogP contribution in [0.4, 0.5) is 5.69 Å². The van der Waals surface area contributed by atoms with Crippen molar-refractivity contribution in [1.29, 1.82) is 0 Å². The molecule has 1 aromatic rings. The van der Waals surface area contributed by atoms with Crippen LogP contribution in [-0.4, -0.2) is 19.9 Å². The molecule has 0 atom stereocenters. The van der Waals surface area contributed by atoms with Gasteiger partial charge in [0.25, 0.3) is 0 Å². The third-order valence-corrected chi connectivity index (χ3v) is 3.46. The van der Waals surface area contributed by atoms with Crippen LogP contribution in [0.2, 0.25) is 0 Å². The van der Waals surface area contributed by atoms with E-state index < -0.39 is 0 Å². The molecule has 0 N–H and O–H groups in total. The number of carbonyl (C=O) groups excluding carboxylic acids is 1. The van der Waals surface area contributed by atoms with E-state index in [0.29, 0.717) is 5.78 Å². The molecule has 0 radical (unpaired) electrons. The predicted octanol–water partition coefficient (Wildman–Crippen LogP) is 3.67. The predicted molar refractivity (Wildman–Crippen MR) is 76.8 cm³/mol. The molecule has 2 rings (SSSR count). The van der Waals surface area contributed by atoms with Crippen molar-refractivity contribution in [3.05, 3.63) is 35.4 Å². The van der Waals surface area contributed by atoms with E-state index in [2.05, 4.69) is 35.2 Å². The summed E-state index contributed by atoms with van der Waals surface area (Å²) in [6, 6.07) is 8.35. The molecule has 1 saturated carbocycles. The van der Waals surface area contributed by atoms with Crippen LogP contribution in [0.15, 0.2) is 29.8 Å². The van der Waals surface area contributed by atoms with Crippen LogP contribution in [0.5, 0.6) is 0 Å². The van der Waals surface area contributed by atoms with Crippen LogP contribution >= 0.6 is 0 Å². The Bertz CT molecular complexity index is 443. The Labute approximate surface area is 109 Å². The summed E-state index contributed by atoms with van der Waals surface area (Å²) in [5.74, 6) is 0.337. The summed E-state index contributed by atoms with van der Waals surface area (Å²) in [6.07, 6.45) is 7.11. The summed E-state index contributed by atoms with van der Waals surface area (Å²) in [4.78, 5) is 14.0. The third-order valence-electron chi connectivity index (χ3n) is 3.46. The van der Waals surface area contributed by atoms with Gasteiger partial charge in [0.1, 0.15) is 0 Å². The number of hydrogen-bond donors (Lipinski definition) is 0. The normalized spacial score (nSPS) is 18.8. The second kappa shape index (κ2) is 5.85. The number of rotatable bonds is 2. The minimum absolute atomic E-state index is 0.337. The van der Waals surface area contributed by atoms with Gasteiger partial charge in [-0.2, -0.15) is 0 Å². The first-order valence-electron chi connectivity index (χ1n) is 6.68. The molecule has 2 nitrogen and oxygen atoms in total. The number of anilines is 1. The maximum atomic E-state index is 11.9. The highest BCUT2D eigenvalue weighted by Crippen LogP contribution is 2.22. The van der Waals surface area contributed by atoms with E-state index in [9.17, 15) is 4.79 Å². The molecular formula is C16H21NO. The van der Waals surface area contributed by atoms with Gasteiger partial charge in [0, 0.05) is 26.2 Å². The Morgan fingerprint density at radius 2 is 1.67 bits per heavy atom. The lowest BCUT2D eigenvalue weighted by molar-refractivity contribution is -0.115. The largest absolute Gasteiger partial charge is 0.378 e. The van der Waals surface area contributed by atoms with Gasteiger partial charge in [-0.15, -0.1) is 0 Å². The van der Waals surface area contributed by atoms with Crippen molar-refractivity contribution in [1.82, 2.24) is 0 Å². The van der Waals surface area contributed by atoms with Crippen molar-refractivity contribution < 1.29 is 4.79 Å². The molecule has 0 heterocycles. The number of Topliss-reactive ketones (excluding diaryl/α,β-unsaturated/α-hetero) is 1. The van der Waals surface area contributed by atoms with Crippen LogP contribution in [0.25, 0.3) is 6.08 Å². The fraction of sp³-hybridized carbons (Fsp3) is 0.438. The van der Waals surface area contributed by atoms with Gasteiger partial charge in [-0.25, -0.2) is 0 Å². The quantitative estimate of drug-likeness (QED) is 0.583. The highest BCUT2D eigenvalue weighted by atomic mass is 16.1. The molecule has 1 aliphatic rings. The average molecular weight is 243 g/mol. The van der Waals surface area contributed by atoms with Crippen LogP contribution in [0.3, 0.4) is 0 Å². The Morgan fingerprint density at radius 1 is 1.00 bits per heavy atom. The summed E-state index contributed by atoms with van der Waals surface area (Å²) in [5.41, 5.74) is 3.32. The molecule has 0 bridgehead atoms. The lowest BCUT2D eigenvalue weighted by Crippen LogP contribution is -2.08. The summed E-state index contributed by atoms with van der Waals surface area (Å²) in [5, 5.41) is 0. The fourth-order valence-electron chi connectivity index (χ4n) is 2.30. The van der Waals surface area contributed by atoms with Crippen molar-refractivity contribution >= 4 is 17.5 Å². The van der Waals surface area contributed by atoms with Gasteiger partial charge >= 0.3 is 0 Å². The van der Waals surface area contributed by atoms with Crippen molar-refractivity contribution in [2.75, 3.05) is 19.0 Å². The first kappa shape index (κ1) is 12.9. The van der Waals surface area contributed by atoms with Gasteiger partial charge < -0.3 is 4.90 Å². The molecule has 1 fully saturated rings. The maximum absolute atomic E-state index is 11.9. The maximum Gasteiger partial charge on any atom is 0.158 e. The summed E-state index contributed by atoms with van der Waals surface area (Å²) in [7, 11) is 4.06. The highest BCUT2D eigenvalue weighted by molar-refractivity contribution is 5.99. The fourth-order valence-corrected chi connectivity index (χ4v) is 2.30. The average Bonchev–Trinajstić information content (AvgIpc) is 2.56. The zero-order valence-electron chi connectivity index (χ0n) is 11.3. The molecule has 0 unspecified atom stereocenters. The van der Waals surface area contributed by atoms with E-state index in [-0.39, 0.29) is 0 Å². The van der Waals surface area contributed by atoms with E-state index in [0.717, 1.165) is 36.8 Å². The monoisotopic (exact) mass is 243 g/mol. The standard InChI is InChI=1S/C16H21NO/c1-17(2)15-10-8-13(9-11-15)12-14-6-4-3-5-7-16(14)18/h8-12H,3-7H2,1-2H3/b14-12+. The first-order valence-corrected chi connectivity index (χ1v) is 6.68.